The predicted octanol–water partition coefficient (Wildman–Crippen LogP) is 3.85. The van der Waals surface area contributed by atoms with Crippen molar-refractivity contribution in [3.63, 3.8) is 0 Å². The van der Waals surface area contributed by atoms with Gasteiger partial charge >= 0.3 is 0 Å². The molecule has 0 fully saturated rings. The number of aryl methyl sites for hydroxylation is 2. The van der Waals surface area contributed by atoms with E-state index in [1.165, 1.54) is 5.56 Å². The molecule has 3 rings (SSSR count). The molecule has 2 N–H and O–H groups in total. The summed E-state index contributed by atoms with van der Waals surface area (Å²) in [6.45, 7) is 4.41. The summed E-state index contributed by atoms with van der Waals surface area (Å²) >= 11 is 5.34. The molecule has 0 spiro atoms. The largest absolute Gasteiger partial charge is 0.497 e. The summed E-state index contributed by atoms with van der Waals surface area (Å²) in [6.07, 6.45) is 0. The molecule has 0 aliphatic rings. The Balaban J connectivity index is 1.61. The molecule has 1 heterocycles. The van der Waals surface area contributed by atoms with Gasteiger partial charge in [-0.3, -0.25) is 0 Å². The van der Waals surface area contributed by atoms with Crippen molar-refractivity contribution in [3.05, 3.63) is 59.5 Å². The van der Waals surface area contributed by atoms with E-state index in [9.17, 15) is 0 Å². The van der Waals surface area contributed by atoms with Crippen LogP contribution in [0.3, 0.4) is 0 Å². The molecule has 0 aliphatic heterocycles. The molecular weight excluding hydrogens is 348 g/mol. The molecular formula is C19H20N4O2S. The maximum Gasteiger partial charge on any atom is 0.246 e. The lowest BCUT2D eigenvalue weighted by Gasteiger charge is -2.12. The predicted molar refractivity (Wildman–Crippen MR) is 105 cm³/mol. The Morgan fingerprint density at radius 2 is 2.04 bits per heavy atom. The summed E-state index contributed by atoms with van der Waals surface area (Å²) in [5.74, 6) is 1.70. The molecule has 0 saturated carbocycles. The third-order valence-corrected chi connectivity index (χ3v) is 4.08. The van der Waals surface area contributed by atoms with Gasteiger partial charge in [-0.25, -0.2) is 0 Å². The number of anilines is 1. The highest BCUT2D eigenvalue weighted by molar-refractivity contribution is 7.80. The maximum absolute atomic E-state index is 5.34. The van der Waals surface area contributed by atoms with Gasteiger partial charge in [-0.15, -0.1) is 0 Å². The normalized spacial score (nSPS) is 10.4. The van der Waals surface area contributed by atoms with Crippen molar-refractivity contribution in [3.8, 4) is 17.1 Å². The highest BCUT2D eigenvalue weighted by Gasteiger charge is 2.10. The van der Waals surface area contributed by atoms with Crippen LogP contribution in [0.15, 0.2) is 47.0 Å². The summed E-state index contributed by atoms with van der Waals surface area (Å²) < 4.78 is 10.5. The molecule has 7 heteroatoms. The summed E-state index contributed by atoms with van der Waals surface area (Å²) in [6, 6.07) is 13.7. The number of rotatable bonds is 5. The van der Waals surface area contributed by atoms with Crippen LogP contribution in [-0.2, 0) is 6.54 Å². The first kappa shape index (κ1) is 17.9. The number of aromatic nitrogens is 2. The summed E-state index contributed by atoms with van der Waals surface area (Å²) in [7, 11) is 1.62. The number of hydrogen-bond donors (Lipinski definition) is 2. The van der Waals surface area contributed by atoms with E-state index in [1.54, 1.807) is 7.11 Å². The summed E-state index contributed by atoms with van der Waals surface area (Å²) in [5, 5.41) is 10.8. The first-order chi connectivity index (χ1) is 12.5. The van der Waals surface area contributed by atoms with Gasteiger partial charge in [0.1, 0.15) is 5.75 Å². The van der Waals surface area contributed by atoms with Gasteiger partial charge in [0.15, 0.2) is 5.11 Å². The van der Waals surface area contributed by atoms with E-state index in [-0.39, 0.29) is 0 Å². The van der Waals surface area contributed by atoms with Gasteiger partial charge < -0.3 is 19.9 Å². The van der Waals surface area contributed by atoms with Crippen LogP contribution in [0.1, 0.15) is 17.0 Å². The highest BCUT2D eigenvalue weighted by atomic mass is 32.1. The Labute approximate surface area is 157 Å². The Morgan fingerprint density at radius 3 is 2.85 bits per heavy atom. The fourth-order valence-electron chi connectivity index (χ4n) is 2.40. The Morgan fingerprint density at radius 1 is 1.19 bits per heavy atom. The van der Waals surface area contributed by atoms with Crippen molar-refractivity contribution in [1.82, 2.24) is 15.5 Å². The molecule has 0 saturated heterocycles. The monoisotopic (exact) mass is 368 g/mol. The minimum absolute atomic E-state index is 0.341. The highest BCUT2D eigenvalue weighted by Crippen LogP contribution is 2.21. The topological polar surface area (TPSA) is 72.2 Å². The number of ether oxygens (including phenoxy) is 1. The molecule has 0 aliphatic carbocycles. The third kappa shape index (κ3) is 4.37. The lowest BCUT2D eigenvalue weighted by Crippen LogP contribution is -2.28. The first-order valence-corrected chi connectivity index (χ1v) is 8.55. The van der Waals surface area contributed by atoms with Crippen molar-refractivity contribution in [2.45, 2.75) is 20.4 Å². The van der Waals surface area contributed by atoms with Crippen LogP contribution >= 0.6 is 12.2 Å². The van der Waals surface area contributed by atoms with Crippen LogP contribution in [0.25, 0.3) is 11.4 Å². The van der Waals surface area contributed by atoms with Gasteiger partial charge in [0.05, 0.1) is 13.7 Å². The average molecular weight is 368 g/mol. The van der Waals surface area contributed by atoms with Crippen molar-refractivity contribution in [2.24, 2.45) is 0 Å². The third-order valence-electron chi connectivity index (χ3n) is 3.84. The maximum atomic E-state index is 5.34. The lowest BCUT2D eigenvalue weighted by molar-refractivity contribution is 0.376. The summed E-state index contributed by atoms with van der Waals surface area (Å²) in [5.41, 5.74) is 4.10. The van der Waals surface area contributed by atoms with Gasteiger partial charge in [0, 0.05) is 11.3 Å². The van der Waals surface area contributed by atoms with Crippen LogP contribution in [0.2, 0.25) is 0 Å². The van der Waals surface area contributed by atoms with E-state index in [0.29, 0.717) is 23.4 Å². The number of thiocarbonyl (C=S) groups is 1. The van der Waals surface area contributed by atoms with Crippen LogP contribution in [0, 0.1) is 13.8 Å². The Kier molecular flexibility index (Phi) is 5.48. The minimum atomic E-state index is 0.341. The number of benzene rings is 2. The smallest absolute Gasteiger partial charge is 0.246 e. The van der Waals surface area contributed by atoms with Crippen molar-refractivity contribution >= 4 is 23.0 Å². The Bertz CT molecular complexity index is 923. The standard InChI is InChI=1S/C19H20N4O2S/c1-12-7-8-13(2)16(9-12)21-19(26)20-11-17-22-18(23-25-17)14-5-4-6-15(10-14)24-3/h4-10H,11H2,1-3H3,(H2,20,21,26). The average Bonchev–Trinajstić information content (AvgIpc) is 3.12. The van der Waals surface area contributed by atoms with E-state index in [2.05, 4.69) is 39.0 Å². The van der Waals surface area contributed by atoms with Crippen molar-refractivity contribution in [2.75, 3.05) is 12.4 Å². The second kappa shape index (κ2) is 7.97. The SMILES string of the molecule is COc1cccc(-c2noc(CNC(=S)Nc3cc(C)ccc3C)n2)c1. The number of hydrogen-bond acceptors (Lipinski definition) is 5. The number of methoxy groups -OCH3 is 1. The van der Waals surface area contributed by atoms with E-state index in [4.69, 9.17) is 21.5 Å². The molecule has 2 aromatic carbocycles. The molecule has 0 unspecified atom stereocenters. The molecule has 6 nitrogen and oxygen atoms in total. The second-order valence-corrected chi connectivity index (χ2v) is 6.28. The van der Waals surface area contributed by atoms with Crippen LogP contribution in [-0.4, -0.2) is 22.4 Å². The van der Waals surface area contributed by atoms with Crippen molar-refractivity contribution in [1.29, 1.82) is 0 Å². The molecule has 0 amide bonds. The van der Waals surface area contributed by atoms with Gasteiger partial charge in [-0.05, 0) is 55.4 Å². The fourth-order valence-corrected chi connectivity index (χ4v) is 2.58. The minimum Gasteiger partial charge on any atom is -0.497 e. The van der Waals surface area contributed by atoms with E-state index >= 15 is 0 Å². The lowest BCUT2D eigenvalue weighted by atomic mass is 10.1. The van der Waals surface area contributed by atoms with Crippen LogP contribution < -0.4 is 15.4 Å². The molecule has 134 valence electrons. The zero-order chi connectivity index (χ0) is 18.5. The van der Waals surface area contributed by atoms with Crippen molar-refractivity contribution < 1.29 is 9.26 Å². The zero-order valence-corrected chi connectivity index (χ0v) is 15.7. The quantitative estimate of drug-likeness (QED) is 0.663. The molecule has 26 heavy (non-hydrogen) atoms. The number of nitrogens with zero attached hydrogens (tertiary/aromatic N) is 2. The van der Waals surface area contributed by atoms with E-state index < -0.39 is 0 Å². The van der Waals surface area contributed by atoms with Gasteiger partial charge in [0.25, 0.3) is 0 Å². The molecule has 0 bridgehead atoms. The van der Waals surface area contributed by atoms with Gasteiger partial charge in [0.2, 0.25) is 11.7 Å². The summed E-state index contributed by atoms with van der Waals surface area (Å²) in [4.78, 5) is 4.38. The zero-order valence-electron chi connectivity index (χ0n) is 14.9. The first-order valence-electron chi connectivity index (χ1n) is 8.14. The molecule has 0 atom stereocenters. The fraction of sp³-hybridized carbons (Fsp3) is 0.211. The van der Waals surface area contributed by atoms with Crippen LogP contribution in [0.4, 0.5) is 5.69 Å². The molecule has 3 aromatic rings. The second-order valence-electron chi connectivity index (χ2n) is 5.87. The van der Waals surface area contributed by atoms with Gasteiger partial charge in [-0.2, -0.15) is 4.98 Å². The van der Waals surface area contributed by atoms with Crippen LogP contribution in [0.5, 0.6) is 5.75 Å². The van der Waals surface area contributed by atoms with E-state index in [0.717, 1.165) is 22.6 Å². The molecule has 0 radical (unpaired) electrons. The van der Waals surface area contributed by atoms with E-state index in [1.807, 2.05) is 38.1 Å². The molecule has 1 aromatic heterocycles. The number of nitrogens with one attached hydrogen (secondary N) is 2. The Hall–Kier alpha value is -2.93. The van der Waals surface area contributed by atoms with Gasteiger partial charge in [-0.1, -0.05) is 29.4 Å².